The topological polar surface area (TPSA) is 61.6 Å². The van der Waals surface area contributed by atoms with Crippen molar-refractivity contribution in [2.75, 3.05) is 32.7 Å². The zero-order chi connectivity index (χ0) is 13.8. The second kappa shape index (κ2) is 6.68. The van der Waals surface area contributed by atoms with E-state index >= 15 is 0 Å². The first-order valence-electron chi connectivity index (χ1n) is 7.56. The Morgan fingerprint density at radius 3 is 2.58 bits per heavy atom. The van der Waals surface area contributed by atoms with Gasteiger partial charge < -0.3 is 11.1 Å². The Morgan fingerprint density at radius 2 is 1.95 bits per heavy atom. The van der Waals surface area contributed by atoms with Gasteiger partial charge in [0.25, 0.3) is 0 Å². The quantitative estimate of drug-likeness (QED) is 0.754. The molecule has 5 nitrogen and oxygen atoms in total. The lowest BCUT2D eigenvalue weighted by Gasteiger charge is -2.34. The third-order valence-corrected chi connectivity index (χ3v) is 4.15. The lowest BCUT2D eigenvalue weighted by molar-refractivity contribution is -0.122. The van der Waals surface area contributed by atoms with Crippen molar-refractivity contribution in [3.63, 3.8) is 0 Å². The van der Waals surface area contributed by atoms with E-state index in [0.29, 0.717) is 18.6 Å². The van der Waals surface area contributed by atoms with Crippen LogP contribution in [0.5, 0.6) is 0 Å². The van der Waals surface area contributed by atoms with E-state index in [1.165, 1.54) is 6.42 Å². The molecule has 2 saturated heterocycles. The first-order chi connectivity index (χ1) is 9.04. The molecule has 110 valence electrons. The maximum absolute atomic E-state index is 11.8. The van der Waals surface area contributed by atoms with Gasteiger partial charge in [0.1, 0.15) is 0 Å². The van der Waals surface area contributed by atoms with Crippen molar-refractivity contribution in [1.29, 1.82) is 0 Å². The minimum atomic E-state index is 0.149. The number of carbonyl (C=O) groups is 1. The normalized spacial score (nSPS) is 27.1. The predicted octanol–water partition coefficient (Wildman–Crippen LogP) is 0.00840. The number of piperidine rings is 1. The summed E-state index contributed by atoms with van der Waals surface area (Å²) in [6, 6.07) is 1.25. The summed E-state index contributed by atoms with van der Waals surface area (Å²) in [7, 11) is 0. The van der Waals surface area contributed by atoms with Crippen molar-refractivity contribution in [1.82, 2.24) is 15.1 Å². The van der Waals surface area contributed by atoms with E-state index in [4.69, 9.17) is 5.73 Å². The van der Waals surface area contributed by atoms with Crippen LogP contribution in [0.15, 0.2) is 0 Å². The number of carbonyl (C=O) groups excluding carboxylic acids is 1. The fraction of sp³-hybridized carbons (Fsp3) is 0.929. The highest BCUT2D eigenvalue weighted by Gasteiger charge is 2.30. The molecule has 0 aromatic rings. The van der Waals surface area contributed by atoms with E-state index in [1.807, 2.05) is 13.8 Å². The molecule has 2 heterocycles. The van der Waals surface area contributed by atoms with E-state index in [2.05, 4.69) is 15.1 Å². The van der Waals surface area contributed by atoms with Gasteiger partial charge in [-0.15, -0.1) is 0 Å². The largest absolute Gasteiger partial charge is 0.353 e. The molecule has 5 heteroatoms. The molecule has 19 heavy (non-hydrogen) atoms. The Labute approximate surface area is 116 Å². The molecule has 0 aliphatic carbocycles. The number of hydrogen-bond donors (Lipinski definition) is 2. The Hall–Kier alpha value is -0.650. The van der Waals surface area contributed by atoms with Crippen LogP contribution in [-0.4, -0.2) is 66.6 Å². The van der Waals surface area contributed by atoms with Crippen molar-refractivity contribution < 1.29 is 4.79 Å². The minimum absolute atomic E-state index is 0.149. The van der Waals surface area contributed by atoms with Crippen LogP contribution in [0, 0.1) is 0 Å². The van der Waals surface area contributed by atoms with Gasteiger partial charge in [-0.25, -0.2) is 0 Å². The summed E-state index contributed by atoms with van der Waals surface area (Å²) in [5, 5.41) is 2.96. The predicted molar refractivity (Wildman–Crippen MR) is 76.9 cm³/mol. The molecule has 2 fully saturated rings. The van der Waals surface area contributed by atoms with Crippen LogP contribution in [0.2, 0.25) is 0 Å². The van der Waals surface area contributed by atoms with Crippen molar-refractivity contribution in [3.05, 3.63) is 0 Å². The van der Waals surface area contributed by atoms with Crippen molar-refractivity contribution in [3.8, 4) is 0 Å². The number of amides is 1. The SMILES string of the molecule is CC(C)NC(=O)CN1CCC(N2CCC(N)CC2)C1. The molecule has 0 aromatic carbocycles. The van der Waals surface area contributed by atoms with Crippen LogP contribution in [0.3, 0.4) is 0 Å². The van der Waals surface area contributed by atoms with Gasteiger partial charge in [0, 0.05) is 31.2 Å². The first-order valence-corrected chi connectivity index (χ1v) is 7.56. The average molecular weight is 268 g/mol. The van der Waals surface area contributed by atoms with Crippen molar-refractivity contribution in [2.45, 2.75) is 51.2 Å². The van der Waals surface area contributed by atoms with Gasteiger partial charge in [0.2, 0.25) is 5.91 Å². The Bertz CT molecular complexity index is 300. The Balaban J connectivity index is 1.72. The maximum atomic E-state index is 11.8. The molecule has 0 saturated carbocycles. The second-order valence-electron chi connectivity index (χ2n) is 6.27. The summed E-state index contributed by atoms with van der Waals surface area (Å²) < 4.78 is 0. The van der Waals surface area contributed by atoms with Crippen LogP contribution in [0.25, 0.3) is 0 Å². The first kappa shape index (κ1) is 14.8. The number of nitrogens with two attached hydrogens (primary N) is 1. The van der Waals surface area contributed by atoms with E-state index in [1.54, 1.807) is 0 Å². The number of rotatable bonds is 4. The van der Waals surface area contributed by atoms with Gasteiger partial charge in [-0.3, -0.25) is 14.6 Å². The van der Waals surface area contributed by atoms with Crippen molar-refractivity contribution in [2.24, 2.45) is 5.73 Å². The molecule has 0 bridgehead atoms. The van der Waals surface area contributed by atoms with E-state index in [-0.39, 0.29) is 11.9 Å². The summed E-state index contributed by atoms with van der Waals surface area (Å²) in [5.74, 6) is 0.149. The van der Waals surface area contributed by atoms with Gasteiger partial charge in [0.15, 0.2) is 0 Å². The number of nitrogens with zero attached hydrogens (tertiary/aromatic N) is 2. The zero-order valence-corrected chi connectivity index (χ0v) is 12.3. The van der Waals surface area contributed by atoms with Crippen LogP contribution in [0.1, 0.15) is 33.1 Å². The Kier molecular flexibility index (Phi) is 5.19. The lowest BCUT2D eigenvalue weighted by atomic mass is 10.0. The number of nitrogens with one attached hydrogen (secondary N) is 1. The van der Waals surface area contributed by atoms with Gasteiger partial charge in [-0.05, 0) is 46.2 Å². The molecule has 1 amide bonds. The van der Waals surface area contributed by atoms with Gasteiger partial charge in [-0.1, -0.05) is 0 Å². The molecule has 2 aliphatic heterocycles. The highest BCUT2D eigenvalue weighted by molar-refractivity contribution is 5.78. The molecular formula is C14H28N4O. The smallest absolute Gasteiger partial charge is 0.234 e. The molecule has 0 aromatic heterocycles. The summed E-state index contributed by atoms with van der Waals surface area (Å²) in [5.41, 5.74) is 5.95. The lowest BCUT2D eigenvalue weighted by Crippen LogP contribution is -2.46. The summed E-state index contributed by atoms with van der Waals surface area (Å²) in [4.78, 5) is 16.6. The molecule has 1 atom stereocenters. The van der Waals surface area contributed by atoms with Crippen LogP contribution < -0.4 is 11.1 Å². The van der Waals surface area contributed by atoms with Gasteiger partial charge >= 0.3 is 0 Å². The average Bonchev–Trinajstić information content (AvgIpc) is 2.77. The highest BCUT2D eigenvalue weighted by Crippen LogP contribution is 2.19. The fourth-order valence-corrected chi connectivity index (χ4v) is 3.11. The molecule has 0 radical (unpaired) electrons. The maximum Gasteiger partial charge on any atom is 0.234 e. The van der Waals surface area contributed by atoms with E-state index < -0.39 is 0 Å². The van der Waals surface area contributed by atoms with Crippen LogP contribution in [0.4, 0.5) is 0 Å². The molecule has 2 rings (SSSR count). The van der Waals surface area contributed by atoms with Crippen LogP contribution >= 0.6 is 0 Å². The summed E-state index contributed by atoms with van der Waals surface area (Å²) >= 11 is 0. The third-order valence-electron chi connectivity index (χ3n) is 4.15. The van der Waals surface area contributed by atoms with Crippen molar-refractivity contribution >= 4 is 5.91 Å². The molecule has 1 unspecified atom stereocenters. The van der Waals surface area contributed by atoms with Gasteiger partial charge in [-0.2, -0.15) is 0 Å². The summed E-state index contributed by atoms with van der Waals surface area (Å²) in [6.07, 6.45) is 3.42. The van der Waals surface area contributed by atoms with Gasteiger partial charge in [0.05, 0.1) is 6.54 Å². The molecule has 0 spiro atoms. The zero-order valence-electron chi connectivity index (χ0n) is 12.3. The van der Waals surface area contributed by atoms with Crippen LogP contribution in [-0.2, 0) is 4.79 Å². The second-order valence-corrected chi connectivity index (χ2v) is 6.27. The minimum Gasteiger partial charge on any atom is -0.353 e. The Morgan fingerprint density at radius 1 is 1.26 bits per heavy atom. The van der Waals surface area contributed by atoms with E-state index in [9.17, 15) is 4.79 Å². The summed E-state index contributed by atoms with van der Waals surface area (Å²) in [6.45, 7) is 8.86. The highest BCUT2D eigenvalue weighted by atomic mass is 16.2. The fourth-order valence-electron chi connectivity index (χ4n) is 3.11. The number of likely N-dealkylation sites (tertiary alicyclic amines) is 2. The molecular weight excluding hydrogens is 240 g/mol. The molecule has 2 aliphatic rings. The monoisotopic (exact) mass is 268 g/mol. The standard InChI is InChI=1S/C14H28N4O/c1-11(2)16-14(19)10-17-6-5-13(9-17)18-7-3-12(15)4-8-18/h11-13H,3-10,15H2,1-2H3,(H,16,19). The van der Waals surface area contributed by atoms with E-state index in [0.717, 1.165) is 39.0 Å². The number of hydrogen-bond acceptors (Lipinski definition) is 4. The third kappa shape index (κ3) is 4.44. The molecule has 3 N–H and O–H groups in total.